The summed E-state index contributed by atoms with van der Waals surface area (Å²) >= 11 is 5.23. The Hall–Kier alpha value is -1.46. The Morgan fingerprint density at radius 1 is 1.26 bits per heavy atom. The third-order valence-electron chi connectivity index (χ3n) is 2.86. The van der Waals surface area contributed by atoms with Crippen LogP contribution >= 0.6 is 27.3 Å². The molecule has 0 bridgehead atoms. The normalized spacial score (nSPS) is 10.8. The Kier molecular flexibility index (Phi) is 3.48. The smallest absolute Gasteiger partial charge is 0.134 e. The number of nitrogens with zero attached hydrogens (tertiary/aromatic N) is 2. The number of benzene rings is 1. The Morgan fingerprint density at radius 3 is 2.95 bits per heavy atom. The maximum Gasteiger partial charge on any atom is 0.134 e. The number of pyridine rings is 1. The van der Waals surface area contributed by atoms with Gasteiger partial charge in [0.05, 0.1) is 17.2 Å². The van der Waals surface area contributed by atoms with E-state index in [0.29, 0.717) is 6.54 Å². The fraction of sp³-hybridized carbons (Fsp3) is 0.143. The molecule has 0 aliphatic heterocycles. The summed E-state index contributed by atoms with van der Waals surface area (Å²) in [6, 6.07) is 8.14. The molecular formula is C14H12BrN3S. The standard InChI is InChI=1S/C14H12BrN3S/c1-9-18-10(8-19-9)7-17-14-12-3-2-4-13(15)11(12)5-6-16-14/h2-6,8H,7H2,1H3,(H,16,17). The molecule has 0 spiro atoms. The number of halogens is 1. The average molecular weight is 334 g/mol. The molecular weight excluding hydrogens is 322 g/mol. The highest BCUT2D eigenvalue weighted by Gasteiger charge is 2.05. The van der Waals surface area contributed by atoms with Crippen molar-refractivity contribution in [2.45, 2.75) is 13.5 Å². The molecule has 2 heterocycles. The lowest BCUT2D eigenvalue weighted by Crippen LogP contribution is -2.02. The summed E-state index contributed by atoms with van der Waals surface area (Å²) in [5.41, 5.74) is 1.05. The largest absolute Gasteiger partial charge is 0.364 e. The maximum atomic E-state index is 4.44. The Bertz CT molecular complexity index is 724. The van der Waals surface area contributed by atoms with E-state index >= 15 is 0 Å². The van der Waals surface area contributed by atoms with E-state index in [4.69, 9.17) is 0 Å². The van der Waals surface area contributed by atoms with Gasteiger partial charge in [0.15, 0.2) is 0 Å². The quantitative estimate of drug-likeness (QED) is 0.773. The van der Waals surface area contributed by atoms with Crippen LogP contribution in [0.5, 0.6) is 0 Å². The van der Waals surface area contributed by atoms with Crippen LogP contribution in [0.25, 0.3) is 10.8 Å². The van der Waals surface area contributed by atoms with Crippen LogP contribution in [0.4, 0.5) is 5.82 Å². The highest BCUT2D eigenvalue weighted by molar-refractivity contribution is 9.10. The van der Waals surface area contributed by atoms with Crippen LogP contribution in [0.1, 0.15) is 10.7 Å². The summed E-state index contributed by atoms with van der Waals surface area (Å²) in [5, 5.41) is 8.79. The van der Waals surface area contributed by atoms with Crippen LogP contribution in [-0.4, -0.2) is 9.97 Å². The van der Waals surface area contributed by atoms with Gasteiger partial charge >= 0.3 is 0 Å². The molecule has 3 rings (SSSR count). The van der Waals surface area contributed by atoms with Gasteiger partial charge in [-0.2, -0.15) is 0 Å². The van der Waals surface area contributed by atoms with E-state index in [1.165, 1.54) is 0 Å². The molecule has 3 aromatic rings. The summed E-state index contributed by atoms with van der Waals surface area (Å²) < 4.78 is 1.08. The van der Waals surface area contributed by atoms with Crippen LogP contribution in [0, 0.1) is 6.92 Å². The SMILES string of the molecule is Cc1nc(CNc2nccc3c(Br)cccc23)cs1. The first kappa shape index (κ1) is 12.6. The molecule has 1 N–H and O–H groups in total. The second-order valence-corrected chi connectivity index (χ2v) is 6.12. The second-order valence-electron chi connectivity index (χ2n) is 4.21. The van der Waals surface area contributed by atoms with Crippen LogP contribution in [0.15, 0.2) is 40.3 Å². The van der Waals surface area contributed by atoms with E-state index in [9.17, 15) is 0 Å². The number of fused-ring (bicyclic) bond motifs is 1. The summed E-state index contributed by atoms with van der Waals surface area (Å²) in [6.07, 6.45) is 1.82. The van der Waals surface area contributed by atoms with E-state index < -0.39 is 0 Å². The first-order valence-corrected chi connectivity index (χ1v) is 7.59. The fourth-order valence-corrected chi connectivity index (χ4v) is 3.08. The number of aryl methyl sites for hydroxylation is 1. The first-order chi connectivity index (χ1) is 9.24. The molecule has 0 saturated heterocycles. The number of anilines is 1. The van der Waals surface area contributed by atoms with Crippen molar-refractivity contribution in [1.29, 1.82) is 0 Å². The molecule has 0 saturated carbocycles. The average Bonchev–Trinajstić information content (AvgIpc) is 2.83. The van der Waals surface area contributed by atoms with E-state index in [1.54, 1.807) is 11.3 Å². The molecule has 0 amide bonds. The molecule has 2 aromatic heterocycles. The number of hydrogen-bond donors (Lipinski definition) is 1. The van der Waals surface area contributed by atoms with Crippen molar-refractivity contribution >= 4 is 43.9 Å². The van der Waals surface area contributed by atoms with Crippen molar-refractivity contribution in [2.24, 2.45) is 0 Å². The minimum absolute atomic E-state index is 0.697. The van der Waals surface area contributed by atoms with E-state index in [0.717, 1.165) is 31.8 Å². The molecule has 0 fully saturated rings. The zero-order valence-corrected chi connectivity index (χ0v) is 12.8. The summed E-state index contributed by atoms with van der Waals surface area (Å²) in [4.78, 5) is 8.86. The van der Waals surface area contributed by atoms with Gasteiger partial charge in [-0.15, -0.1) is 11.3 Å². The summed E-state index contributed by atoms with van der Waals surface area (Å²) in [6.45, 7) is 2.71. The minimum Gasteiger partial charge on any atom is -0.364 e. The number of nitrogens with one attached hydrogen (secondary N) is 1. The molecule has 1 aromatic carbocycles. The van der Waals surface area contributed by atoms with Gasteiger partial charge in [-0.3, -0.25) is 0 Å². The molecule has 96 valence electrons. The Morgan fingerprint density at radius 2 is 2.16 bits per heavy atom. The van der Waals surface area contributed by atoms with Crippen molar-refractivity contribution in [2.75, 3.05) is 5.32 Å². The van der Waals surface area contributed by atoms with Gasteiger partial charge in [0.2, 0.25) is 0 Å². The summed E-state index contributed by atoms with van der Waals surface area (Å²) in [5.74, 6) is 0.893. The van der Waals surface area contributed by atoms with E-state index in [2.05, 4.69) is 42.7 Å². The molecule has 3 nitrogen and oxygen atoms in total. The minimum atomic E-state index is 0.697. The lowest BCUT2D eigenvalue weighted by molar-refractivity contribution is 1.04. The molecule has 19 heavy (non-hydrogen) atoms. The topological polar surface area (TPSA) is 37.8 Å². The van der Waals surface area contributed by atoms with Crippen molar-refractivity contribution in [3.63, 3.8) is 0 Å². The van der Waals surface area contributed by atoms with Crippen LogP contribution in [-0.2, 0) is 6.54 Å². The van der Waals surface area contributed by atoms with Gasteiger partial charge < -0.3 is 5.32 Å². The lowest BCUT2D eigenvalue weighted by atomic mass is 10.1. The third-order valence-corrected chi connectivity index (χ3v) is 4.37. The van der Waals surface area contributed by atoms with Gasteiger partial charge in [0.25, 0.3) is 0 Å². The van der Waals surface area contributed by atoms with Gasteiger partial charge in [-0.05, 0) is 19.1 Å². The number of thiazole rings is 1. The molecule has 0 radical (unpaired) electrons. The van der Waals surface area contributed by atoms with Crippen molar-refractivity contribution < 1.29 is 0 Å². The molecule has 0 aliphatic rings. The van der Waals surface area contributed by atoms with Gasteiger partial charge in [0, 0.05) is 26.8 Å². The number of aromatic nitrogens is 2. The highest BCUT2D eigenvalue weighted by Crippen LogP contribution is 2.27. The van der Waals surface area contributed by atoms with Gasteiger partial charge in [0.1, 0.15) is 5.82 Å². The summed E-state index contributed by atoms with van der Waals surface area (Å²) in [7, 11) is 0. The number of rotatable bonds is 3. The lowest BCUT2D eigenvalue weighted by Gasteiger charge is -2.08. The van der Waals surface area contributed by atoms with Crippen LogP contribution in [0.2, 0.25) is 0 Å². The Balaban J connectivity index is 1.91. The Labute approximate surface area is 123 Å². The second kappa shape index (κ2) is 5.27. The highest BCUT2D eigenvalue weighted by atomic mass is 79.9. The zero-order valence-electron chi connectivity index (χ0n) is 10.4. The predicted octanol–water partition coefficient (Wildman–Crippen LogP) is 4.37. The van der Waals surface area contributed by atoms with Crippen molar-refractivity contribution in [3.8, 4) is 0 Å². The molecule has 0 atom stereocenters. The van der Waals surface area contributed by atoms with Gasteiger partial charge in [-0.25, -0.2) is 9.97 Å². The van der Waals surface area contributed by atoms with E-state index in [1.807, 2.05) is 31.3 Å². The van der Waals surface area contributed by atoms with Crippen molar-refractivity contribution in [1.82, 2.24) is 9.97 Å². The molecule has 0 unspecified atom stereocenters. The molecule has 5 heteroatoms. The third kappa shape index (κ3) is 2.62. The van der Waals surface area contributed by atoms with Crippen LogP contribution < -0.4 is 5.32 Å². The monoisotopic (exact) mass is 333 g/mol. The fourth-order valence-electron chi connectivity index (χ4n) is 1.97. The molecule has 0 aliphatic carbocycles. The van der Waals surface area contributed by atoms with Crippen molar-refractivity contribution in [3.05, 3.63) is 51.0 Å². The zero-order chi connectivity index (χ0) is 13.2. The van der Waals surface area contributed by atoms with Gasteiger partial charge in [-0.1, -0.05) is 28.1 Å². The van der Waals surface area contributed by atoms with E-state index in [-0.39, 0.29) is 0 Å². The predicted molar refractivity (Wildman–Crippen MR) is 83.6 cm³/mol. The van der Waals surface area contributed by atoms with Crippen LogP contribution in [0.3, 0.4) is 0 Å². The maximum absolute atomic E-state index is 4.44. The first-order valence-electron chi connectivity index (χ1n) is 5.92. The number of hydrogen-bond acceptors (Lipinski definition) is 4.